The van der Waals surface area contributed by atoms with Gasteiger partial charge in [-0.15, -0.1) is 0 Å². The lowest BCUT2D eigenvalue weighted by Gasteiger charge is -2.34. The number of hydrogen-bond donors (Lipinski definition) is 1. The molecule has 0 saturated heterocycles. The quantitative estimate of drug-likeness (QED) is 0.813. The maximum atomic E-state index is 11.5. The average Bonchev–Trinajstić information content (AvgIpc) is 2.38. The van der Waals surface area contributed by atoms with Gasteiger partial charge in [-0.2, -0.15) is 0 Å². The molecule has 1 aliphatic heterocycles. The van der Waals surface area contributed by atoms with Crippen LogP contribution in [0, 0.1) is 5.41 Å². The number of para-hydroxylation sites is 1. The molecule has 0 saturated carbocycles. The van der Waals surface area contributed by atoms with Crippen molar-refractivity contribution in [2.45, 2.75) is 19.8 Å². The predicted octanol–water partition coefficient (Wildman–Crippen LogP) is 2.12. The van der Waals surface area contributed by atoms with Gasteiger partial charge in [-0.3, -0.25) is 4.79 Å². The molecule has 0 aliphatic carbocycles. The summed E-state index contributed by atoms with van der Waals surface area (Å²) in [7, 11) is 0. The minimum Gasteiger partial charge on any atom is -0.492 e. The van der Waals surface area contributed by atoms with Gasteiger partial charge in [0.1, 0.15) is 17.8 Å². The van der Waals surface area contributed by atoms with Crippen LogP contribution in [0.3, 0.4) is 0 Å². The van der Waals surface area contributed by atoms with E-state index in [4.69, 9.17) is 9.47 Å². The summed E-state index contributed by atoms with van der Waals surface area (Å²) in [6.45, 7) is 3.17. The van der Waals surface area contributed by atoms with Crippen molar-refractivity contribution in [1.82, 2.24) is 0 Å². The van der Waals surface area contributed by atoms with Crippen molar-refractivity contribution in [3.63, 3.8) is 0 Å². The molecule has 0 radical (unpaired) electrons. The normalized spacial score (nSPS) is 22.1. The Morgan fingerprint density at radius 3 is 3.00 bits per heavy atom. The Morgan fingerprint density at radius 2 is 2.28 bits per heavy atom. The second-order valence-electron chi connectivity index (χ2n) is 4.61. The minimum atomic E-state index is -0.858. The van der Waals surface area contributed by atoms with E-state index in [0.717, 1.165) is 11.3 Å². The SMILES string of the molecule is CCOCCC1(C(=O)O)COc2ccccc2C1. The lowest BCUT2D eigenvalue weighted by Crippen LogP contribution is -2.42. The fourth-order valence-corrected chi connectivity index (χ4v) is 2.24. The summed E-state index contributed by atoms with van der Waals surface area (Å²) in [5, 5.41) is 9.48. The van der Waals surface area contributed by atoms with Crippen LogP contribution in [0.15, 0.2) is 24.3 Å². The van der Waals surface area contributed by atoms with Crippen LogP contribution in [0.2, 0.25) is 0 Å². The van der Waals surface area contributed by atoms with Crippen LogP contribution in [-0.2, 0) is 16.0 Å². The van der Waals surface area contributed by atoms with E-state index in [9.17, 15) is 9.90 Å². The highest BCUT2D eigenvalue weighted by Crippen LogP contribution is 2.37. The average molecular weight is 250 g/mol. The number of carboxylic acid groups (broad SMARTS) is 1. The standard InChI is InChI=1S/C14H18O4/c1-2-17-8-7-14(13(15)16)9-11-5-3-4-6-12(11)18-10-14/h3-6H,2,7-10H2,1H3,(H,15,16). The molecule has 1 unspecified atom stereocenters. The van der Waals surface area contributed by atoms with E-state index in [-0.39, 0.29) is 6.61 Å². The van der Waals surface area contributed by atoms with Gasteiger partial charge in [-0.05, 0) is 31.4 Å². The van der Waals surface area contributed by atoms with E-state index in [0.29, 0.717) is 26.1 Å². The van der Waals surface area contributed by atoms with Crippen LogP contribution in [-0.4, -0.2) is 30.9 Å². The number of carboxylic acids is 1. The highest BCUT2D eigenvalue weighted by atomic mass is 16.5. The lowest BCUT2D eigenvalue weighted by atomic mass is 9.78. The third-order valence-corrected chi connectivity index (χ3v) is 3.39. The fourth-order valence-electron chi connectivity index (χ4n) is 2.24. The van der Waals surface area contributed by atoms with Crippen molar-refractivity contribution in [3.8, 4) is 5.75 Å². The number of aliphatic carboxylic acids is 1. The first-order chi connectivity index (χ1) is 8.68. The summed E-state index contributed by atoms with van der Waals surface area (Å²) < 4.78 is 10.9. The van der Waals surface area contributed by atoms with Gasteiger partial charge >= 0.3 is 5.97 Å². The van der Waals surface area contributed by atoms with E-state index < -0.39 is 11.4 Å². The minimum absolute atomic E-state index is 0.215. The number of rotatable bonds is 5. The van der Waals surface area contributed by atoms with E-state index in [1.165, 1.54) is 0 Å². The molecule has 1 atom stereocenters. The van der Waals surface area contributed by atoms with Crippen molar-refractivity contribution >= 4 is 5.97 Å². The lowest BCUT2D eigenvalue weighted by molar-refractivity contribution is -0.153. The van der Waals surface area contributed by atoms with Crippen molar-refractivity contribution in [2.75, 3.05) is 19.8 Å². The van der Waals surface area contributed by atoms with E-state index in [1.807, 2.05) is 31.2 Å². The number of benzene rings is 1. The topological polar surface area (TPSA) is 55.8 Å². The van der Waals surface area contributed by atoms with Gasteiger partial charge in [-0.1, -0.05) is 18.2 Å². The highest BCUT2D eigenvalue weighted by molar-refractivity contribution is 5.76. The van der Waals surface area contributed by atoms with E-state index >= 15 is 0 Å². The van der Waals surface area contributed by atoms with Crippen LogP contribution >= 0.6 is 0 Å². The molecule has 0 spiro atoms. The van der Waals surface area contributed by atoms with E-state index in [1.54, 1.807) is 0 Å². The van der Waals surface area contributed by atoms with Crippen molar-refractivity contribution in [1.29, 1.82) is 0 Å². The molecule has 1 aromatic carbocycles. The molecule has 0 bridgehead atoms. The Balaban J connectivity index is 2.16. The Bertz CT molecular complexity index is 430. The predicted molar refractivity (Wildman–Crippen MR) is 66.8 cm³/mol. The van der Waals surface area contributed by atoms with Crippen molar-refractivity contribution in [2.24, 2.45) is 5.41 Å². The molecule has 4 nitrogen and oxygen atoms in total. The number of hydrogen-bond acceptors (Lipinski definition) is 3. The smallest absolute Gasteiger partial charge is 0.313 e. The van der Waals surface area contributed by atoms with Crippen molar-refractivity contribution in [3.05, 3.63) is 29.8 Å². The van der Waals surface area contributed by atoms with Gasteiger partial charge in [0, 0.05) is 13.2 Å². The maximum Gasteiger partial charge on any atom is 0.313 e. The largest absolute Gasteiger partial charge is 0.492 e. The summed E-state index contributed by atoms with van der Waals surface area (Å²) >= 11 is 0. The molecule has 0 aromatic heterocycles. The fraction of sp³-hybridized carbons (Fsp3) is 0.500. The van der Waals surface area contributed by atoms with Crippen LogP contribution in [0.4, 0.5) is 0 Å². The highest BCUT2D eigenvalue weighted by Gasteiger charge is 2.42. The zero-order valence-corrected chi connectivity index (χ0v) is 10.5. The first kappa shape index (κ1) is 12.9. The van der Waals surface area contributed by atoms with Gasteiger partial charge in [-0.25, -0.2) is 0 Å². The van der Waals surface area contributed by atoms with Crippen molar-refractivity contribution < 1.29 is 19.4 Å². The Kier molecular flexibility index (Phi) is 3.87. The first-order valence-electron chi connectivity index (χ1n) is 6.20. The summed E-state index contributed by atoms with van der Waals surface area (Å²) in [6, 6.07) is 7.60. The second-order valence-corrected chi connectivity index (χ2v) is 4.61. The number of carbonyl (C=O) groups is 1. The molecule has 0 fully saturated rings. The molecule has 2 rings (SSSR count). The van der Waals surface area contributed by atoms with Gasteiger partial charge < -0.3 is 14.6 Å². The summed E-state index contributed by atoms with van der Waals surface area (Å²) in [6.07, 6.45) is 0.982. The number of fused-ring (bicyclic) bond motifs is 1. The molecule has 1 aliphatic rings. The second kappa shape index (κ2) is 5.40. The zero-order valence-electron chi connectivity index (χ0n) is 10.5. The molecule has 1 aromatic rings. The summed E-state index contributed by atoms with van der Waals surface area (Å²) in [4.78, 5) is 11.5. The van der Waals surface area contributed by atoms with Crippen LogP contribution in [0.25, 0.3) is 0 Å². The Labute approximate surface area is 107 Å². The van der Waals surface area contributed by atoms with Crippen LogP contribution in [0.5, 0.6) is 5.75 Å². The molecule has 1 heterocycles. The number of ether oxygens (including phenoxy) is 2. The maximum absolute atomic E-state index is 11.5. The molecule has 98 valence electrons. The van der Waals surface area contributed by atoms with Gasteiger partial charge in [0.2, 0.25) is 0 Å². The zero-order chi connectivity index (χ0) is 13.0. The molecular formula is C14H18O4. The Morgan fingerprint density at radius 1 is 1.50 bits per heavy atom. The third-order valence-electron chi connectivity index (χ3n) is 3.39. The molecule has 4 heteroatoms. The van der Waals surface area contributed by atoms with Crippen LogP contribution in [0.1, 0.15) is 18.9 Å². The first-order valence-corrected chi connectivity index (χ1v) is 6.20. The molecule has 0 amide bonds. The molecular weight excluding hydrogens is 232 g/mol. The van der Waals surface area contributed by atoms with Gasteiger partial charge in [0.25, 0.3) is 0 Å². The Hall–Kier alpha value is -1.55. The monoisotopic (exact) mass is 250 g/mol. The summed E-state index contributed by atoms with van der Waals surface area (Å²) in [5.41, 5.74) is 0.103. The van der Waals surface area contributed by atoms with Gasteiger partial charge in [0.05, 0.1) is 0 Å². The van der Waals surface area contributed by atoms with E-state index in [2.05, 4.69) is 0 Å². The molecule has 1 N–H and O–H groups in total. The molecule has 18 heavy (non-hydrogen) atoms. The summed E-state index contributed by atoms with van der Waals surface area (Å²) in [5.74, 6) is -0.0116. The third kappa shape index (κ3) is 2.48. The van der Waals surface area contributed by atoms with Crippen LogP contribution < -0.4 is 4.74 Å². The van der Waals surface area contributed by atoms with Gasteiger partial charge in [0.15, 0.2) is 0 Å².